The molecule has 0 spiro atoms. The first-order valence-electron chi connectivity index (χ1n) is 8.32. The third kappa shape index (κ3) is 3.71. The molecule has 1 N–H and O–H groups in total. The van der Waals surface area contributed by atoms with Gasteiger partial charge in [0.25, 0.3) is 0 Å². The Kier molecular flexibility index (Phi) is 4.83. The number of hydrogen-bond donors (Lipinski definition) is 1. The van der Waals surface area contributed by atoms with Crippen molar-refractivity contribution < 1.29 is 19.1 Å². The van der Waals surface area contributed by atoms with Gasteiger partial charge in [0, 0.05) is 12.1 Å². The lowest BCUT2D eigenvalue weighted by Gasteiger charge is -2.25. The highest BCUT2D eigenvalue weighted by Gasteiger charge is 2.35. The summed E-state index contributed by atoms with van der Waals surface area (Å²) in [6, 6.07) is 12.6. The SMILES string of the molecule is CC1CC(c2ccccc2F)N(C(=O)Cc2ccc(C(=O)O)cc2)C1. The van der Waals surface area contributed by atoms with E-state index in [4.69, 9.17) is 5.11 Å². The number of aromatic carboxylic acids is 1. The zero-order chi connectivity index (χ0) is 18.0. The second-order valence-electron chi connectivity index (χ2n) is 6.60. The minimum atomic E-state index is -0.995. The quantitative estimate of drug-likeness (QED) is 0.923. The first-order valence-corrected chi connectivity index (χ1v) is 8.32. The lowest BCUT2D eigenvalue weighted by atomic mass is 10.00. The Morgan fingerprint density at radius 2 is 1.84 bits per heavy atom. The van der Waals surface area contributed by atoms with Crippen molar-refractivity contribution in [2.45, 2.75) is 25.8 Å². The summed E-state index contributed by atoms with van der Waals surface area (Å²) in [5, 5.41) is 8.94. The maximum Gasteiger partial charge on any atom is 0.335 e. The van der Waals surface area contributed by atoms with Gasteiger partial charge in [0.2, 0.25) is 5.91 Å². The van der Waals surface area contributed by atoms with Crippen LogP contribution in [0.2, 0.25) is 0 Å². The Balaban J connectivity index is 1.78. The number of carbonyl (C=O) groups is 2. The van der Waals surface area contributed by atoms with Crippen molar-refractivity contribution in [1.82, 2.24) is 4.90 Å². The van der Waals surface area contributed by atoms with Crippen LogP contribution in [0.15, 0.2) is 48.5 Å². The Morgan fingerprint density at radius 1 is 1.16 bits per heavy atom. The lowest BCUT2D eigenvalue weighted by molar-refractivity contribution is -0.131. The second-order valence-corrected chi connectivity index (χ2v) is 6.60. The van der Waals surface area contributed by atoms with Gasteiger partial charge in [-0.1, -0.05) is 37.3 Å². The highest BCUT2D eigenvalue weighted by Crippen LogP contribution is 2.36. The van der Waals surface area contributed by atoms with E-state index in [9.17, 15) is 14.0 Å². The minimum Gasteiger partial charge on any atom is -0.478 e. The smallest absolute Gasteiger partial charge is 0.335 e. The number of carbonyl (C=O) groups excluding carboxylic acids is 1. The molecule has 130 valence electrons. The van der Waals surface area contributed by atoms with E-state index >= 15 is 0 Å². The average Bonchev–Trinajstić information content (AvgIpc) is 2.97. The number of nitrogens with zero attached hydrogens (tertiary/aromatic N) is 1. The molecule has 2 unspecified atom stereocenters. The first-order chi connectivity index (χ1) is 12.0. The van der Waals surface area contributed by atoms with E-state index in [0.717, 1.165) is 12.0 Å². The van der Waals surface area contributed by atoms with E-state index in [1.54, 1.807) is 35.2 Å². The van der Waals surface area contributed by atoms with Gasteiger partial charge in [-0.2, -0.15) is 0 Å². The van der Waals surface area contributed by atoms with Gasteiger partial charge >= 0.3 is 5.97 Å². The van der Waals surface area contributed by atoms with Gasteiger partial charge in [0.15, 0.2) is 0 Å². The molecular formula is C20H20FNO3. The number of rotatable bonds is 4. The molecule has 1 fully saturated rings. The molecule has 2 aromatic carbocycles. The van der Waals surface area contributed by atoms with Crippen molar-refractivity contribution in [3.63, 3.8) is 0 Å². The van der Waals surface area contributed by atoms with Crippen LogP contribution >= 0.6 is 0 Å². The summed E-state index contributed by atoms with van der Waals surface area (Å²) < 4.78 is 14.2. The molecule has 1 saturated heterocycles. The van der Waals surface area contributed by atoms with Crippen LogP contribution in [0.3, 0.4) is 0 Å². The summed E-state index contributed by atoms with van der Waals surface area (Å²) in [5.41, 5.74) is 1.50. The molecule has 0 aromatic heterocycles. The fourth-order valence-corrected chi connectivity index (χ4v) is 3.40. The Hall–Kier alpha value is -2.69. The molecule has 5 heteroatoms. The third-order valence-corrected chi connectivity index (χ3v) is 4.65. The van der Waals surface area contributed by atoms with Crippen LogP contribution in [-0.4, -0.2) is 28.4 Å². The van der Waals surface area contributed by atoms with Gasteiger partial charge in [0.05, 0.1) is 18.0 Å². The molecule has 1 amide bonds. The van der Waals surface area contributed by atoms with Gasteiger partial charge < -0.3 is 10.0 Å². The van der Waals surface area contributed by atoms with E-state index in [0.29, 0.717) is 18.0 Å². The summed E-state index contributed by atoms with van der Waals surface area (Å²) >= 11 is 0. The van der Waals surface area contributed by atoms with Crippen molar-refractivity contribution in [3.8, 4) is 0 Å². The van der Waals surface area contributed by atoms with Crippen LogP contribution < -0.4 is 0 Å². The van der Waals surface area contributed by atoms with Gasteiger partial charge in [-0.05, 0) is 36.1 Å². The first kappa shape index (κ1) is 17.1. The molecule has 1 aliphatic heterocycles. The monoisotopic (exact) mass is 341 g/mol. The zero-order valence-electron chi connectivity index (χ0n) is 14.0. The Labute approximate surface area is 145 Å². The average molecular weight is 341 g/mol. The molecule has 0 bridgehead atoms. The Morgan fingerprint density at radius 3 is 2.48 bits per heavy atom. The normalized spacial score (nSPS) is 19.8. The van der Waals surface area contributed by atoms with Crippen molar-refractivity contribution >= 4 is 11.9 Å². The molecule has 0 aliphatic carbocycles. The van der Waals surface area contributed by atoms with Crippen LogP contribution in [0.5, 0.6) is 0 Å². The standard InChI is InChI=1S/C20H20FNO3/c1-13-10-18(16-4-2-3-5-17(16)21)22(12-13)19(23)11-14-6-8-15(9-7-14)20(24)25/h2-9,13,18H,10-12H2,1H3,(H,24,25). The van der Waals surface area contributed by atoms with Gasteiger partial charge in [-0.15, -0.1) is 0 Å². The van der Waals surface area contributed by atoms with E-state index in [2.05, 4.69) is 6.92 Å². The van der Waals surface area contributed by atoms with Crippen LogP contribution in [0.4, 0.5) is 4.39 Å². The maximum atomic E-state index is 14.2. The molecule has 2 aromatic rings. The van der Waals surface area contributed by atoms with E-state index in [1.165, 1.54) is 18.2 Å². The molecular weight excluding hydrogens is 321 g/mol. The van der Waals surface area contributed by atoms with Gasteiger partial charge in [-0.25, -0.2) is 9.18 Å². The summed E-state index contributed by atoms with van der Waals surface area (Å²) in [7, 11) is 0. The number of carboxylic acids is 1. The molecule has 2 atom stereocenters. The predicted octanol–water partition coefficient (Wildman–Crippen LogP) is 3.68. The zero-order valence-corrected chi connectivity index (χ0v) is 14.0. The fourth-order valence-electron chi connectivity index (χ4n) is 3.40. The second kappa shape index (κ2) is 7.05. The number of carboxylic acid groups (broad SMARTS) is 1. The number of hydrogen-bond acceptors (Lipinski definition) is 2. The Bertz CT molecular complexity index is 788. The summed E-state index contributed by atoms with van der Waals surface area (Å²) in [6.45, 7) is 2.66. The molecule has 0 radical (unpaired) electrons. The number of likely N-dealkylation sites (tertiary alicyclic amines) is 1. The van der Waals surface area contributed by atoms with Crippen LogP contribution in [0, 0.1) is 11.7 Å². The molecule has 4 nitrogen and oxygen atoms in total. The van der Waals surface area contributed by atoms with E-state index < -0.39 is 5.97 Å². The van der Waals surface area contributed by atoms with Crippen LogP contribution in [-0.2, 0) is 11.2 Å². The van der Waals surface area contributed by atoms with Gasteiger partial charge in [-0.3, -0.25) is 4.79 Å². The fraction of sp³-hybridized carbons (Fsp3) is 0.300. The molecule has 3 rings (SSSR count). The third-order valence-electron chi connectivity index (χ3n) is 4.65. The molecule has 25 heavy (non-hydrogen) atoms. The van der Waals surface area contributed by atoms with Crippen molar-refractivity contribution in [2.24, 2.45) is 5.92 Å². The van der Waals surface area contributed by atoms with Crippen molar-refractivity contribution in [3.05, 3.63) is 71.0 Å². The maximum absolute atomic E-state index is 14.2. The van der Waals surface area contributed by atoms with Crippen LogP contribution in [0.25, 0.3) is 0 Å². The van der Waals surface area contributed by atoms with Crippen molar-refractivity contribution in [1.29, 1.82) is 0 Å². The van der Waals surface area contributed by atoms with Crippen LogP contribution in [0.1, 0.15) is 40.9 Å². The molecule has 1 heterocycles. The number of benzene rings is 2. The number of amides is 1. The van der Waals surface area contributed by atoms with E-state index in [1.807, 2.05) is 0 Å². The number of halogens is 1. The highest BCUT2D eigenvalue weighted by molar-refractivity contribution is 5.87. The van der Waals surface area contributed by atoms with Crippen molar-refractivity contribution in [2.75, 3.05) is 6.54 Å². The summed E-state index contributed by atoms with van der Waals surface area (Å²) in [5.74, 6) is -1.04. The molecule has 1 aliphatic rings. The van der Waals surface area contributed by atoms with Gasteiger partial charge in [0.1, 0.15) is 5.82 Å². The summed E-state index contributed by atoms with van der Waals surface area (Å²) in [4.78, 5) is 25.4. The lowest BCUT2D eigenvalue weighted by Crippen LogP contribution is -2.32. The van der Waals surface area contributed by atoms with E-state index in [-0.39, 0.29) is 29.8 Å². The predicted molar refractivity (Wildman–Crippen MR) is 91.7 cm³/mol. The highest BCUT2D eigenvalue weighted by atomic mass is 19.1. The molecule has 0 saturated carbocycles. The topological polar surface area (TPSA) is 57.6 Å². The largest absolute Gasteiger partial charge is 0.478 e. The minimum absolute atomic E-state index is 0.0688. The summed E-state index contributed by atoms with van der Waals surface area (Å²) in [6.07, 6.45) is 0.919.